The van der Waals surface area contributed by atoms with Crippen molar-refractivity contribution in [1.29, 1.82) is 0 Å². The first-order valence-corrected chi connectivity index (χ1v) is 9.93. The number of hydrogen-bond donors (Lipinski definition) is 0. The van der Waals surface area contributed by atoms with Gasteiger partial charge in [0.05, 0.1) is 37.7 Å². The lowest BCUT2D eigenvalue weighted by molar-refractivity contribution is 0.0600. The molecule has 26 heavy (non-hydrogen) atoms. The Morgan fingerprint density at radius 3 is 2.50 bits per heavy atom. The Morgan fingerprint density at radius 2 is 1.92 bits per heavy atom. The van der Waals surface area contributed by atoms with E-state index < -0.39 is 16.0 Å². The summed E-state index contributed by atoms with van der Waals surface area (Å²) in [7, 11) is -1.19. The SMILES string of the molecule is COC(=O)c1ccc(OC)c(S(=O)(=O)N2CCN(c3cnsn3)CC2)c1. The van der Waals surface area contributed by atoms with Gasteiger partial charge in [0.25, 0.3) is 0 Å². The van der Waals surface area contributed by atoms with Crippen LogP contribution in [0.3, 0.4) is 0 Å². The van der Waals surface area contributed by atoms with E-state index >= 15 is 0 Å². The van der Waals surface area contributed by atoms with Gasteiger partial charge in [0.15, 0.2) is 5.82 Å². The first-order valence-electron chi connectivity index (χ1n) is 7.76. The van der Waals surface area contributed by atoms with E-state index in [2.05, 4.69) is 13.5 Å². The number of sulfonamides is 1. The number of ether oxygens (including phenoxy) is 2. The van der Waals surface area contributed by atoms with Crippen LogP contribution in [0.4, 0.5) is 5.82 Å². The van der Waals surface area contributed by atoms with Crippen LogP contribution in [0.5, 0.6) is 5.75 Å². The summed E-state index contributed by atoms with van der Waals surface area (Å²) in [6, 6.07) is 4.21. The van der Waals surface area contributed by atoms with E-state index in [1.807, 2.05) is 4.90 Å². The van der Waals surface area contributed by atoms with Crippen molar-refractivity contribution in [1.82, 2.24) is 13.1 Å². The maximum atomic E-state index is 13.1. The van der Waals surface area contributed by atoms with Crippen LogP contribution in [0, 0.1) is 0 Å². The van der Waals surface area contributed by atoms with Crippen LogP contribution in [0.2, 0.25) is 0 Å². The molecular formula is C15H18N4O5S2. The average molecular weight is 398 g/mol. The minimum Gasteiger partial charge on any atom is -0.495 e. The molecule has 11 heteroatoms. The van der Waals surface area contributed by atoms with E-state index in [9.17, 15) is 13.2 Å². The second-order valence-corrected chi connectivity index (χ2v) is 7.98. The predicted octanol–water partition coefficient (Wildman–Crippen LogP) is 0.844. The Morgan fingerprint density at radius 1 is 1.19 bits per heavy atom. The maximum absolute atomic E-state index is 13.1. The summed E-state index contributed by atoms with van der Waals surface area (Å²) in [6.45, 7) is 1.60. The van der Waals surface area contributed by atoms with Gasteiger partial charge in [0, 0.05) is 26.2 Å². The molecule has 0 saturated carbocycles. The first kappa shape index (κ1) is 18.5. The highest BCUT2D eigenvalue weighted by molar-refractivity contribution is 7.89. The Labute approximate surface area is 155 Å². The van der Waals surface area contributed by atoms with Gasteiger partial charge in [-0.1, -0.05) is 0 Å². The number of anilines is 1. The Balaban J connectivity index is 1.85. The van der Waals surface area contributed by atoms with Gasteiger partial charge in [-0.15, -0.1) is 0 Å². The lowest BCUT2D eigenvalue weighted by Crippen LogP contribution is -2.48. The summed E-state index contributed by atoms with van der Waals surface area (Å²) < 4.78 is 45.5. The third-order valence-electron chi connectivity index (χ3n) is 4.11. The molecule has 2 aromatic rings. The van der Waals surface area contributed by atoms with E-state index in [4.69, 9.17) is 4.74 Å². The highest BCUT2D eigenvalue weighted by Gasteiger charge is 2.32. The van der Waals surface area contributed by atoms with Crippen molar-refractivity contribution in [3.63, 3.8) is 0 Å². The normalized spacial score (nSPS) is 15.7. The van der Waals surface area contributed by atoms with E-state index in [-0.39, 0.29) is 16.2 Å². The molecule has 1 fully saturated rings. The van der Waals surface area contributed by atoms with Crippen molar-refractivity contribution in [3.8, 4) is 5.75 Å². The minimum absolute atomic E-state index is 0.0494. The van der Waals surface area contributed by atoms with Crippen LogP contribution >= 0.6 is 11.7 Å². The van der Waals surface area contributed by atoms with Crippen molar-refractivity contribution in [2.75, 3.05) is 45.3 Å². The van der Waals surface area contributed by atoms with E-state index in [1.165, 1.54) is 36.7 Å². The molecule has 1 aliphatic heterocycles. The van der Waals surface area contributed by atoms with Crippen molar-refractivity contribution in [3.05, 3.63) is 30.0 Å². The number of carbonyl (C=O) groups is 1. The number of esters is 1. The zero-order chi connectivity index (χ0) is 18.7. The number of carbonyl (C=O) groups excluding carboxylic acids is 1. The zero-order valence-electron chi connectivity index (χ0n) is 14.3. The number of methoxy groups -OCH3 is 2. The summed E-state index contributed by atoms with van der Waals surface area (Å²) in [5.74, 6) is 0.325. The lowest BCUT2D eigenvalue weighted by atomic mass is 10.2. The van der Waals surface area contributed by atoms with Gasteiger partial charge < -0.3 is 14.4 Å². The van der Waals surface area contributed by atoms with Gasteiger partial charge in [-0.05, 0) is 18.2 Å². The molecule has 0 radical (unpaired) electrons. The molecule has 2 heterocycles. The second-order valence-electron chi connectivity index (χ2n) is 5.51. The van der Waals surface area contributed by atoms with E-state index in [0.717, 1.165) is 17.5 Å². The topological polar surface area (TPSA) is 102 Å². The number of nitrogens with zero attached hydrogens (tertiary/aromatic N) is 4. The first-order chi connectivity index (χ1) is 12.5. The summed E-state index contributed by atoms with van der Waals surface area (Å²) in [6.07, 6.45) is 1.66. The van der Waals surface area contributed by atoms with Crippen molar-refractivity contribution < 1.29 is 22.7 Å². The molecule has 0 spiro atoms. The molecule has 0 aliphatic carbocycles. The molecule has 0 unspecified atom stereocenters. The predicted molar refractivity (Wildman–Crippen MR) is 95.2 cm³/mol. The van der Waals surface area contributed by atoms with Gasteiger partial charge in [-0.2, -0.15) is 13.1 Å². The average Bonchev–Trinajstić information content (AvgIpc) is 3.21. The number of aromatic nitrogens is 2. The fourth-order valence-corrected chi connectivity index (χ4v) is 4.76. The molecule has 0 atom stereocenters. The van der Waals surface area contributed by atoms with Gasteiger partial charge in [0.1, 0.15) is 10.6 Å². The quantitative estimate of drug-likeness (QED) is 0.683. The Hall–Kier alpha value is -2.24. The Bertz CT molecular complexity index is 877. The highest BCUT2D eigenvalue weighted by atomic mass is 32.2. The third-order valence-corrected chi connectivity index (χ3v) is 6.50. The maximum Gasteiger partial charge on any atom is 0.337 e. The van der Waals surface area contributed by atoms with Gasteiger partial charge in [-0.25, -0.2) is 13.2 Å². The molecule has 140 valence electrons. The molecule has 0 N–H and O–H groups in total. The van der Waals surface area contributed by atoms with E-state index in [1.54, 1.807) is 6.20 Å². The minimum atomic E-state index is -3.82. The molecule has 1 saturated heterocycles. The summed E-state index contributed by atoms with van der Waals surface area (Å²) in [5, 5.41) is 0. The van der Waals surface area contributed by atoms with Crippen molar-refractivity contribution in [2.45, 2.75) is 4.90 Å². The smallest absolute Gasteiger partial charge is 0.337 e. The third kappa shape index (κ3) is 3.50. The molecule has 1 aliphatic rings. The molecule has 0 bridgehead atoms. The number of benzene rings is 1. The van der Waals surface area contributed by atoms with Gasteiger partial charge in [-0.3, -0.25) is 0 Å². The number of piperazine rings is 1. The second kappa shape index (κ2) is 7.56. The van der Waals surface area contributed by atoms with Crippen LogP contribution in [0.15, 0.2) is 29.3 Å². The molecule has 3 rings (SSSR count). The van der Waals surface area contributed by atoms with Gasteiger partial charge >= 0.3 is 5.97 Å². The van der Waals surface area contributed by atoms with Crippen LogP contribution < -0.4 is 9.64 Å². The number of hydrogen-bond acceptors (Lipinski definition) is 9. The summed E-state index contributed by atoms with van der Waals surface area (Å²) >= 11 is 1.11. The highest BCUT2D eigenvalue weighted by Crippen LogP contribution is 2.29. The summed E-state index contributed by atoms with van der Waals surface area (Å²) in [4.78, 5) is 13.7. The van der Waals surface area contributed by atoms with Crippen LogP contribution in [0.25, 0.3) is 0 Å². The fraction of sp³-hybridized carbons (Fsp3) is 0.400. The summed E-state index contributed by atoms with van der Waals surface area (Å²) in [5.41, 5.74) is 0.152. The number of rotatable bonds is 5. The largest absolute Gasteiger partial charge is 0.495 e. The Kier molecular flexibility index (Phi) is 5.39. The van der Waals surface area contributed by atoms with Gasteiger partial charge in [0.2, 0.25) is 10.0 Å². The molecule has 1 aromatic heterocycles. The molecule has 1 aromatic carbocycles. The lowest BCUT2D eigenvalue weighted by Gasteiger charge is -2.34. The van der Waals surface area contributed by atoms with Crippen molar-refractivity contribution in [2.24, 2.45) is 0 Å². The molecular weight excluding hydrogens is 380 g/mol. The van der Waals surface area contributed by atoms with Crippen LogP contribution in [-0.2, 0) is 14.8 Å². The van der Waals surface area contributed by atoms with Crippen LogP contribution in [-0.4, -0.2) is 67.8 Å². The molecule has 0 amide bonds. The molecule has 9 nitrogen and oxygen atoms in total. The van der Waals surface area contributed by atoms with Crippen molar-refractivity contribution >= 4 is 33.5 Å². The van der Waals surface area contributed by atoms with Crippen LogP contribution in [0.1, 0.15) is 10.4 Å². The monoisotopic (exact) mass is 398 g/mol. The fourth-order valence-electron chi connectivity index (χ4n) is 2.72. The zero-order valence-corrected chi connectivity index (χ0v) is 15.9. The standard InChI is InChI=1S/C15H18N4O5S2/c1-23-12-4-3-11(15(20)24-2)9-13(12)26(21,22)19-7-5-18(6-8-19)14-10-16-25-17-14/h3-4,9-10H,5-8H2,1-2H3. The van der Waals surface area contributed by atoms with E-state index in [0.29, 0.717) is 26.2 Å².